The molecule has 2 rings (SSSR count). The molecule has 1 aliphatic heterocycles. The minimum Gasteiger partial charge on any atom is -0.493 e. The predicted molar refractivity (Wildman–Crippen MR) is 46.6 cm³/mol. The Kier molecular flexibility index (Phi) is 1.95. The molecule has 1 aliphatic rings. The third kappa shape index (κ3) is 1.17. The molecule has 0 bridgehead atoms. The van der Waals surface area contributed by atoms with E-state index in [1.165, 1.54) is 0 Å². The zero-order valence-electron chi connectivity index (χ0n) is 6.51. The highest BCUT2D eigenvalue weighted by Gasteiger charge is 2.14. The third-order valence-corrected chi connectivity index (χ3v) is 2.38. The van der Waals surface area contributed by atoms with Crippen LogP contribution in [0.1, 0.15) is 11.1 Å². The second-order valence-corrected chi connectivity index (χ2v) is 3.22. The first-order chi connectivity index (χ1) is 5.81. The Labute approximate surface area is 75.7 Å². The van der Waals surface area contributed by atoms with Crippen molar-refractivity contribution in [2.75, 3.05) is 6.61 Å². The Bertz CT molecular complexity index is 309. The van der Waals surface area contributed by atoms with Gasteiger partial charge in [0.05, 0.1) is 13.2 Å². The first kappa shape index (κ1) is 7.90. The standard InChI is InChI=1S/C9H9ClO2/c10-8-4-9-6(1-2-12-9)3-7(8)5-11/h3-4,11H,1-2,5H2. The molecule has 0 amide bonds. The molecule has 0 fully saturated rings. The van der Waals surface area contributed by atoms with Crippen molar-refractivity contribution in [2.45, 2.75) is 13.0 Å². The molecule has 0 saturated heterocycles. The number of ether oxygens (including phenoxy) is 1. The summed E-state index contributed by atoms with van der Waals surface area (Å²) in [6, 6.07) is 3.68. The first-order valence-electron chi connectivity index (χ1n) is 3.86. The largest absolute Gasteiger partial charge is 0.493 e. The molecule has 0 aliphatic carbocycles. The average molecular weight is 185 g/mol. The number of benzene rings is 1. The van der Waals surface area contributed by atoms with E-state index in [4.69, 9.17) is 21.4 Å². The van der Waals surface area contributed by atoms with Crippen LogP contribution in [0.2, 0.25) is 5.02 Å². The summed E-state index contributed by atoms with van der Waals surface area (Å²) in [7, 11) is 0. The first-order valence-corrected chi connectivity index (χ1v) is 4.24. The van der Waals surface area contributed by atoms with Crippen LogP contribution < -0.4 is 4.74 Å². The maximum absolute atomic E-state index is 8.92. The van der Waals surface area contributed by atoms with Gasteiger partial charge in [-0.2, -0.15) is 0 Å². The van der Waals surface area contributed by atoms with Gasteiger partial charge in [0.1, 0.15) is 5.75 Å². The van der Waals surface area contributed by atoms with E-state index in [9.17, 15) is 0 Å². The fraction of sp³-hybridized carbons (Fsp3) is 0.333. The third-order valence-electron chi connectivity index (χ3n) is 2.03. The van der Waals surface area contributed by atoms with E-state index in [-0.39, 0.29) is 6.61 Å². The lowest BCUT2D eigenvalue weighted by Crippen LogP contribution is -1.87. The van der Waals surface area contributed by atoms with Gasteiger partial charge in [-0.3, -0.25) is 0 Å². The molecule has 64 valence electrons. The topological polar surface area (TPSA) is 29.5 Å². The van der Waals surface area contributed by atoms with Crippen molar-refractivity contribution in [1.82, 2.24) is 0 Å². The fourth-order valence-electron chi connectivity index (χ4n) is 1.37. The van der Waals surface area contributed by atoms with Gasteiger partial charge in [-0.05, 0) is 23.3 Å². The number of fused-ring (bicyclic) bond motifs is 1. The molecule has 1 aromatic rings. The predicted octanol–water partition coefficient (Wildman–Crippen LogP) is 1.77. The van der Waals surface area contributed by atoms with Gasteiger partial charge in [0.15, 0.2) is 0 Å². The summed E-state index contributed by atoms with van der Waals surface area (Å²) in [6.07, 6.45) is 0.916. The van der Waals surface area contributed by atoms with E-state index in [0.717, 1.165) is 29.9 Å². The molecule has 12 heavy (non-hydrogen) atoms. The molecular weight excluding hydrogens is 176 g/mol. The van der Waals surface area contributed by atoms with E-state index in [1.54, 1.807) is 6.07 Å². The van der Waals surface area contributed by atoms with Gasteiger partial charge in [-0.25, -0.2) is 0 Å². The Morgan fingerprint density at radius 1 is 1.50 bits per heavy atom. The molecule has 1 N–H and O–H groups in total. The van der Waals surface area contributed by atoms with Crippen molar-refractivity contribution in [1.29, 1.82) is 0 Å². The number of halogens is 1. The molecule has 0 saturated carbocycles. The summed E-state index contributed by atoms with van der Waals surface area (Å²) < 4.78 is 5.31. The molecule has 0 radical (unpaired) electrons. The summed E-state index contributed by atoms with van der Waals surface area (Å²) in [5.74, 6) is 0.859. The quantitative estimate of drug-likeness (QED) is 0.721. The molecule has 0 atom stereocenters. The van der Waals surface area contributed by atoms with Gasteiger partial charge in [0.25, 0.3) is 0 Å². The normalized spacial score (nSPS) is 14.2. The number of rotatable bonds is 1. The highest BCUT2D eigenvalue weighted by atomic mass is 35.5. The summed E-state index contributed by atoms with van der Waals surface area (Å²) in [4.78, 5) is 0. The van der Waals surface area contributed by atoms with Crippen molar-refractivity contribution >= 4 is 11.6 Å². The van der Waals surface area contributed by atoms with Crippen LogP contribution in [0.5, 0.6) is 5.75 Å². The van der Waals surface area contributed by atoms with Crippen LogP contribution in [0.3, 0.4) is 0 Å². The van der Waals surface area contributed by atoms with Gasteiger partial charge in [0, 0.05) is 11.4 Å². The molecular formula is C9H9ClO2. The van der Waals surface area contributed by atoms with Crippen LogP contribution in [-0.4, -0.2) is 11.7 Å². The summed E-state index contributed by atoms with van der Waals surface area (Å²) in [5, 5.41) is 9.51. The highest BCUT2D eigenvalue weighted by molar-refractivity contribution is 6.31. The fourth-order valence-corrected chi connectivity index (χ4v) is 1.59. The van der Waals surface area contributed by atoms with Gasteiger partial charge < -0.3 is 9.84 Å². The van der Waals surface area contributed by atoms with Crippen LogP contribution in [0, 0.1) is 0 Å². The number of aliphatic hydroxyl groups excluding tert-OH is 1. The van der Waals surface area contributed by atoms with Gasteiger partial charge >= 0.3 is 0 Å². The van der Waals surface area contributed by atoms with Crippen molar-refractivity contribution in [3.63, 3.8) is 0 Å². The maximum Gasteiger partial charge on any atom is 0.124 e. The van der Waals surface area contributed by atoms with Gasteiger partial charge in [0.2, 0.25) is 0 Å². The molecule has 0 spiro atoms. The molecule has 0 aromatic heterocycles. The number of aliphatic hydroxyl groups is 1. The zero-order chi connectivity index (χ0) is 8.55. The van der Waals surface area contributed by atoms with E-state index in [0.29, 0.717) is 5.02 Å². The van der Waals surface area contributed by atoms with Crippen LogP contribution in [-0.2, 0) is 13.0 Å². The molecule has 2 nitrogen and oxygen atoms in total. The van der Waals surface area contributed by atoms with Crippen molar-refractivity contribution in [3.05, 3.63) is 28.3 Å². The van der Waals surface area contributed by atoms with Crippen LogP contribution in [0.15, 0.2) is 12.1 Å². The molecule has 0 unspecified atom stereocenters. The lowest BCUT2D eigenvalue weighted by Gasteiger charge is -2.03. The summed E-state index contributed by atoms with van der Waals surface area (Å²) in [5.41, 5.74) is 1.92. The number of hydrogen-bond acceptors (Lipinski definition) is 2. The van der Waals surface area contributed by atoms with Crippen molar-refractivity contribution in [2.24, 2.45) is 0 Å². The Morgan fingerprint density at radius 2 is 2.33 bits per heavy atom. The van der Waals surface area contributed by atoms with Gasteiger partial charge in [-0.15, -0.1) is 0 Å². The molecule has 1 heterocycles. The van der Waals surface area contributed by atoms with Crippen LogP contribution in [0.4, 0.5) is 0 Å². The van der Waals surface area contributed by atoms with Crippen LogP contribution in [0.25, 0.3) is 0 Å². The van der Waals surface area contributed by atoms with Gasteiger partial charge in [-0.1, -0.05) is 11.6 Å². The lowest BCUT2D eigenvalue weighted by atomic mass is 10.1. The lowest BCUT2D eigenvalue weighted by molar-refractivity contribution is 0.282. The Balaban J connectivity index is 2.49. The summed E-state index contributed by atoms with van der Waals surface area (Å²) in [6.45, 7) is 0.715. The van der Waals surface area contributed by atoms with E-state index >= 15 is 0 Å². The molecule has 1 aromatic carbocycles. The summed E-state index contributed by atoms with van der Waals surface area (Å²) >= 11 is 5.87. The van der Waals surface area contributed by atoms with E-state index in [1.807, 2.05) is 6.07 Å². The Morgan fingerprint density at radius 3 is 3.08 bits per heavy atom. The van der Waals surface area contributed by atoms with Crippen molar-refractivity contribution < 1.29 is 9.84 Å². The maximum atomic E-state index is 8.92. The van der Waals surface area contributed by atoms with E-state index in [2.05, 4.69) is 0 Å². The highest BCUT2D eigenvalue weighted by Crippen LogP contribution is 2.31. The minimum absolute atomic E-state index is 0.00782. The average Bonchev–Trinajstić information content (AvgIpc) is 2.49. The Hall–Kier alpha value is -0.730. The smallest absolute Gasteiger partial charge is 0.124 e. The second-order valence-electron chi connectivity index (χ2n) is 2.81. The monoisotopic (exact) mass is 184 g/mol. The number of hydrogen-bond donors (Lipinski definition) is 1. The minimum atomic E-state index is -0.00782. The van der Waals surface area contributed by atoms with Crippen molar-refractivity contribution in [3.8, 4) is 5.75 Å². The zero-order valence-corrected chi connectivity index (χ0v) is 7.27. The SMILES string of the molecule is OCc1cc2c(cc1Cl)OCC2. The molecule has 3 heteroatoms. The van der Waals surface area contributed by atoms with E-state index < -0.39 is 0 Å². The second kappa shape index (κ2) is 2.96. The van der Waals surface area contributed by atoms with Crippen LogP contribution >= 0.6 is 11.6 Å².